The molecule has 0 aromatic rings. The van der Waals surface area contributed by atoms with Crippen LogP contribution in [0.5, 0.6) is 0 Å². The van der Waals surface area contributed by atoms with Crippen LogP contribution in [-0.4, -0.2) is 72.4 Å². The average molecular weight is 411 g/mol. The van der Waals surface area contributed by atoms with Crippen molar-refractivity contribution in [1.29, 1.82) is 0 Å². The van der Waals surface area contributed by atoms with E-state index in [-0.39, 0.29) is 24.1 Å². The monoisotopic (exact) mass is 410 g/mol. The Morgan fingerprint density at radius 2 is 1.76 bits per heavy atom. The van der Waals surface area contributed by atoms with Crippen LogP contribution in [0.1, 0.15) is 59.3 Å². The van der Waals surface area contributed by atoms with E-state index in [2.05, 4.69) is 0 Å². The Hall–Kier alpha value is -1.99. The fourth-order valence-corrected chi connectivity index (χ4v) is 4.58. The standard InChI is InChI=1S/C21H34N2O6/c1-20(2,3)28-18(25)22-11-9-21(10-12-22)14-23(19(26)29-21)13-15-5-7-16(8-6-15)17(24)27-4/h15-16H,5-14H2,1-4H3. The van der Waals surface area contributed by atoms with Crippen LogP contribution < -0.4 is 0 Å². The molecule has 2 heterocycles. The predicted octanol–water partition coefficient (Wildman–Crippen LogP) is 3.19. The van der Waals surface area contributed by atoms with Crippen molar-refractivity contribution in [2.24, 2.45) is 11.8 Å². The predicted molar refractivity (Wildman–Crippen MR) is 105 cm³/mol. The van der Waals surface area contributed by atoms with Gasteiger partial charge in [-0.1, -0.05) is 0 Å². The molecule has 2 amide bonds. The quantitative estimate of drug-likeness (QED) is 0.525. The summed E-state index contributed by atoms with van der Waals surface area (Å²) >= 11 is 0. The van der Waals surface area contributed by atoms with Crippen molar-refractivity contribution in [3.63, 3.8) is 0 Å². The molecule has 8 heteroatoms. The summed E-state index contributed by atoms with van der Waals surface area (Å²) in [7, 11) is 1.43. The third-order valence-electron chi connectivity index (χ3n) is 6.23. The maximum absolute atomic E-state index is 12.5. The van der Waals surface area contributed by atoms with Gasteiger partial charge in [0, 0.05) is 32.5 Å². The van der Waals surface area contributed by atoms with E-state index >= 15 is 0 Å². The third-order valence-corrected chi connectivity index (χ3v) is 6.23. The highest BCUT2D eigenvalue weighted by Gasteiger charge is 2.48. The molecule has 1 spiro atoms. The molecule has 0 unspecified atom stereocenters. The van der Waals surface area contributed by atoms with Crippen LogP contribution in [0.15, 0.2) is 0 Å². The number of carbonyl (C=O) groups is 3. The molecule has 0 radical (unpaired) electrons. The van der Waals surface area contributed by atoms with E-state index in [0.29, 0.717) is 44.9 Å². The van der Waals surface area contributed by atoms with Crippen molar-refractivity contribution < 1.29 is 28.6 Å². The largest absolute Gasteiger partial charge is 0.469 e. The Morgan fingerprint density at radius 1 is 1.14 bits per heavy atom. The summed E-state index contributed by atoms with van der Waals surface area (Å²) in [5.41, 5.74) is -1.02. The molecule has 0 bridgehead atoms. The molecule has 0 atom stereocenters. The normalized spacial score (nSPS) is 27.0. The van der Waals surface area contributed by atoms with Gasteiger partial charge in [0.25, 0.3) is 0 Å². The molecule has 3 fully saturated rings. The lowest BCUT2D eigenvalue weighted by Crippen LogP contribution is -2.50. The third kappa shape index (κ3) is 5.34. The number of likely N-dealkylation sites (tertiary alicyclic amines) is 1. The zero-order valence-electron chi connectivity index (χ0n) is 18.1. The molecule has 0 aromatic heterocycles. The first-order chi connectivity index (χ1) is 13.6. The Labute approximate surface area is 172 Å². The van der Waals surface area contributed by atoms with E-state index in [0.717, 1.165) is 25.7 Å². The fourth-order valence-electron chi connectivity index (χ4n) is 4.58. The molecule has 164 valence electrons. The Kier molecular flexibility index (Phi) is 6.29. The molecule has 3 rings (SSSR count). The van der Waals surface area contributed by atoms with Crippen molar-refractivity contribution in [2.75, 3.05) is 33.3 Å². The summed E-state index contributed by atoms with van der Waals surface area (Å²) in [5, 5.41) is 0. The van der Waals surface area contributed by atoms with E-state index in [9.17, 15) is 14.4 Å². The lowest BCUT2D eigenvalue weighted by atomic mass is 9.81. The first-order valence-electron chi connectivity index (χ1n) is 10.6. The number of esters is 1. The van der Waals surface area contributed by atoms with Gasteiger partial charge in [-0.2, -0.15) is 0 Å². The number of methoxy groups -OCH3 is 1. The second kappa shape index (κ2) is 8.40. The Morgan fingerprint density at radius 3 is 2.31 bits per heavy atom. The van der Waals surface area contributed by atoms with Gasteiger partial charge in [0.1, 0.15) is 11.2 Å². The van der Waals surface area contributed by atoms with Gasteiger partial charge in [0.15, 0.2) is 0 Å². The molecule has 1 saturated carbocycles. The highest BCUT2D eigenvalue weighted by molar-refractivity contribution is 5.72. The van der Waals surface area contributed by atoms with Crippen LogP contribution in [0.25, 0.3) is 0 Å². The molecule has 1 aliphatic carbocycles. The summed E-state index contributed by atoms with van der Waals surface area (Å²) in [6.45, 7) is 7.86. The SMILES string of the molecule is COC(=O)C1CCC(CN2CC3(CCN(C(=O)OC(C)(C)C)CC3)OC2=O)CC1. The molecule has 2 aliphatic heterocycles. The number of rotatable bonds is 3. The number of amides is 2. The lowest BCUT2D eigenvalue weighted by molar-refractivity contribution is -0.146. The average Bonchev–Trinajstić information content (AvgIpc) is 2.95. The first kappa shape index (κ1) is 21.7. The van der Waals surface area contributed by atoms with Gasteiger partial charge in [-0.05, 0) is 52.4 Å². The molecule has 3 aliphatic rings. The minimum Gasteiger partial charge on any atom is -0.469 e. The van der Waals surface area contributed by atoms with Gasteiger partial charge in [-0.3, -0.25) is 4.79 Å². The summed E-state index contributed by atoms with van der Waals surface area (Å²) in [5.74, 6) is 0.255. The summed E-state index contributed by atoms with van der Waals surface area (Å²) in [4.78, 5) is 39.9. The van der Waals surface area contributed by atoms with Crippen molar-refractivity contribution in [2.45, 2.75) is 70.5 Å². The topological polar surface area (TPSA) is 85.4 Å². The summed E-state index contributed by atoms with van der Waals surface area (Å²) in [6.07, 6.45) is 4.16. The molecule has 8 nitrogen and oxygen atoms in total. The molecule has 29 heavy (non-hydrogen) atoms. The number of carbonyl (C=O) groups excluding carboxylic acids is 3. The number of hydrogen-bond donors (Lipinski definition) is 0. The number of hydrogen-bond acceptors (Lipinski definition) is 6. The highest BCUT2D eigenvalue weighted by Crippen LogP contribution is 2.36. The lowest BCUT2D eigenvalue weighted by Gasteiger charge is -2.38. The molecular formula is C21H34N2O6. The molecule has 2 saturated heterocycles. The van der Waals surface area contributed by atoms with Gasteiger partial charge in [0.05, 0.1) is 19.6 Å². The van der Waals surface area contributed by atoms with Gasteiger partial charge >= 0.3 is 18.2 Å². The van der Waals surface area contributed by atoms with Gasteiger partial charge in [-0.15, -0.1) is 0 Å². The van der Waals surface area contributed by atoms with Crippen LogP contribution in [0.2, 0.25) is 0 Å². The van der Waals surface area contributed by atoms with Gasteiger partial charge < -0.3 is 24.0 Å². The maximum atomic E-state index is 12.5. The van der Waals surface area contributed by atoms with E-state index in [1.165, 1.54) is 7.11 Å². The number of nitrogens with zero attached hydrogens (tertiary/aromatic N) is 2. The van der Waals surface area contributed by atoms with Crippen molar-refractivity contribution >= 4 is 18.2 Å². The van der Waals surface area contributed by atoms with Crippen LogP contribution in [-0.2, 0) is 19.0 Å². The highest BCUT2D eigenvalue weighted by atomic mass is 16.6. The Bertz CT molecular complexity index is 628. The fraction of sp³-hybridized carbons (Fsp3) is 0.857. The zero-order chi connectivity index (χ0) is 21.2. The van der Waals surface area contributed by atoms with E-state index in [1.807, 2.05) is 25.7 Å². The smallest absolute Gasteiger partial charge is 0.410 e. The second-order valence-electron chi connectivity index (χ2n) is 9.64. The Balaban J connectivity index is 1.47. The van der Waals surface area contributed by atoms with Crippen LogP contribution in [0, 0.1) is 11.8 Å². The first-order valence-corrected chi connectivity index (χ1v) is 10.6. The molecule has 0 N–H and O–H groups in total. The minimum absolute atomic E-state index is 0.00898. The van der Waals surface area contributed by atoms with Gasteiger partial charge in [-0.25, -0.2) is 9.59 Å². The summed E-state index contributed by atoms with van der Waals surface area (Å²) < 4.78 is 16.1. The van der Waals surface area contributed by atoms with Crippen LogP contribution in [0.3, 0.4) is 0 Å². The zero-order valence-corrected chi connectivity index (χ0v) is 18.1. The van der Waals surface area contributed by atoms with Crippen molar-refractivity contribution in [3.05, 3.63) is 0 Å². The second-order valence-corrected chi connectivity index (χ2v) is 9.64. The summed E-state index contributed by atoms with van der Waals surface area (Å²) in [6, 6.07) is 0. The number of piperidine rings is 1. The number of ether oxygens (including phenoxy) is 3. The van der Waals surface area contributed by atoms with Crippen molar-refractivity contribution in [3.8, 4) is 0 Å². The molecular weight excluding hydrogens is 376 g/mol. The van der Waals surface area contributed by atoms with Gasteiger partial charge in [0.2, 0.25) is 0 Å². The van der Waals surface area contributed by atoms with Crippen LogP contribution in [0.4, 0.5) is 9.59 Å². The molecule has 0 aromatic carbocycles. The van der Waals surface area contributed by atoms with E-state index in [1.54, 1.807) is 4.90 Å². The van der Waals surface area contributed by atoms with E-state index < -0.39 is 11.2 Å². The maximum Gasteiger partial charge on any atom is 0.410 e. The van der Waals surface area contributed by atoms with Crippen LogP contribution >= 0.6 is 0 Å². The van der Waals surface area contributed by atoms with E-state index in [4.69, 9.17) is 14.2 Å². The minimum atomic E-state index is -0.518. The van der Waals surface area contributed by atoms with Crippen molar-refractivity contribution in [1.82, 2.24) is 9.80 Å².